The number of aliphatic hydroxyl groups is 1. The van der Waals surface area contributed by atoms with Crippen molar-refractivity contribution in [2.45, 2.75) is 117 Å². The van der Waals surface area contributed by atoms with Crippen molar-refractivity contribution in [3.8, 4) is 45.8 Å². The minimum Gasteiger partial charge on any atom is -0.458 e. The molecule has 6 aromatic rings. The summed E-state index contributed by atoms with van der Waals surface area (Å²) in [4.78, 5) is 74.0. The summed E-state index contributed by atoms with van der Waals surface area (Å²) < 4.78 is 41.4. The molecule has 0 spiro atoms. The van der Waals surface area contributed by atoms with Crippen LogP contribution in [0.2, 0.25) is 0 Å². The second-order valence-electron chi connectivity index (χ2n) is 18.0. The topological polar surface area (TPSA) is 206 Å². The quantitative estimate of drug-likeness (QED) is 0.0837. The highest BCUT2D eigenvalue weighted by atomic mass is 35.5. The molecule has 0 saturated heterocycles. The fraction of sp³-hybridized carbons (Fsp3) is 0.392. The SMILES string of the molecule is CCCCc1c2c(nc3cc4c(cc13)OCO4)-c1cc3c(c(=O)n1C2)COC(=O)[C@@]3(CC)OC(=O)Cl.CCCCc1c2c(nc3cc4c(cc13)OCO4)-c1cc3c(c(=O)n1C2)COC(=O)[C@]3(O)CC. The van der Waals surface area contributed by atoms with Crippen molar-refractivity contribution >= 4 is 50.8 Å². The Morgan fingerprint density at radius 1 is 0.638 bits per heavy atom. The van der Waals surface area contributed by atoms with Gasteiger partial charge in [-0.1, -0.05) is 40.5 Å². The molecule has 69 heavy (non-hydrogen) atoms. The van der Waals surface area contributed by atoms with E-state index in [1.54, 1.807) is 35.1 Å². The van der Waals surface area contributed by atoms with Crippen LogP contribution in [0.4, 0.5) is 4.79 Å². The number of cyclic esters (lactones) is 2. The highest BCUT2D eigenvalue weighted by molar-refractivity contribution is 6.61. The van der Waals surface area contributed by atoms with Crippen LogP contribution in [0, 0.1) is 0 Å². The van der Waals surface area contributed by atoms with Crippen LogP contribution in [0.1, 0.15) is 111 Å². The second-order valence-corrected chi connectivity index (χ2v) is 18.3. The van der Waals surface area contributed by atoms with Gasteiger partial charge in [-0.3, -0.25) is 9.59 Å². The van der Waals surface area contributed by atoms with E-state index in [1.807, 2.05) is 24.3 Å². The van der Waals surface area contributed by atoms with Crippen LogP contribution in [-0.2, 0) is 74.1 Å². The lowest BCUT2D eigenvalue weighted by Gasteiger charge is -2.34. The first kappa shape index (κ1) is 44.5. The molecule has 0 saturated carbocycles. The maximum Gasteiger partial charge on any atom is 0.405 e. The van der Waals surface area contributed by atoms with Crippen molar-refractivity contribution in [3.05, 3.63) is 102 Å². The van der Waals surface area contributed by atoms with Gasteiger partial charge in [0.15, 0.2) is 28.6 Å². The number of fused-ring (bicyclic) bond motifs is 12. The lowest BCUT2D eigenvalue weighted by molar-refractivity contribution is -0.172. The Bertz CT molecular complexity index is 3380. The Labute approximate surface area is 398 Å². The van der Waals surface area contributed by atoms with Crippen molar-refractivity contribution in [1.82, 2.24) is 19.1 Å². The number of halogens is 1. The average Bonchev–Trinajstić information content (AvgIpc) is 4.16. The molecule has 2 atom stereocenters. The number of hydrogen-bond donors (Lipinski definition) is 1. The van der Waals surface area contributed by atoms with Crippen LogP contribution in [0.15, 0.2) is 46.0 Å². The van der Waals surface area contributed by atoms with Gasteiger partial charge in [-0.2, -0.15) is 0 Å². The van der Waals surface area contributed by atoms with Gasteiger partial charge < -0.3 is 47.4 Å². The number of carbonyl (C=O) groups excluding carboxylic acids is 3. The average molecular weight is 959 g/mol. The van der Waals surface area contributed by atoms with E-state index in [1.165, 1.54) is 0 Å². The molecule has 0 radical (unpaired) electrons. The number of ether oxygens (including phenoxy) is 7. The predicted octanol–water partition coefficient (Wildman–Crippen LogP) is 7.68. The molecule has 10 heterocycles. The van der Waals surface area contributed by atoms with Crippen LogP contribution >= 0.6 is 11.6 Å². The third-order valence-electron chi connectivity index (χ3n) is 14.4. The predicted molar refractivity (Wildman–Crippen MR) is 249 cm³/mol. The summed E-state index contributed by atoms with van der Waals surface area (Å²) in [5.41, 5.74) is 4.15. The van der Waals surface area contributed by atoms with E-state index >= 15 is 0 Å². The summed E-state index contributed by atoms with van der Waals surface area (Å²) in [6.07, 6.45) is 5.84. The van der Waals surface area contributed by atoms with Crippen molar-refractivity contribution in [3.63, 3.8) is 0 Å². The second kappa shape index (κ2) is 16.6. The fourth-order valence-electron chi connectivity index (χ4n) is 10.7. The molecule has 0 fully saturated rings. The van der Waals surface area contributed by atoms with Crippen LogP contribution in [-0.4, -0.2) is 55.2 Å². The number of aromatic nitrogens is 4. The van der Waals surface area contributed by atoms with Gasteiger partial charge in [0, 0.05) is 56.8 Å². The smallest absolute Gasteiger partial charge is 0.405 e. The lowest BCUT2D eigenvalue weighted by Crippen LogP contribution is -2.46. The summed E-state index contributed by atoms with van der Waals surface area (Å²) in [7, 11) is 0. The summed E-state index contributed by atoms with van der Waals surface area (Å²) in [6.45, 7) is 8.40. The summed E-state index contributed by atoms with van der Waals surface area (Å²) in [5.74, 6) is 1.18. The first-order valence-electron chi connectivity index (χ1n) is 23.3. The third kappa shape index (κ3) is 6.71. The number of aryl methyl sites for hydroxylation is 2. The molecule has 0 aliphatic carbocycles. The molecule has 356 valence electrons. The van der Waals surface area contributed by atoms with Gasteiger partial charge in [0.25, 0.3) is 11.1 Å². The number of unbranched alkanes of at least 4 members (excludes halogenated alkanes) is 2. The Hall–Kier alpha value is -6.98. The first-order valence-corrected chi connectivity index (χ1v) is 23.7. The van der Waals surface area contributed by atoms with Gasteiger partial charge in [0.2, 0.25) is 19.2 Å². The molecule has 4 aromatic heterocycles. The highest BCUT2D eigenvalue weighted by Gasteiger charge is 2.51. The molecule has 2 aromatic carbocycles. The van der Waals surface area contributed by atoms with Gasteiger partial charge in [0.1, 0.15) is 13.2 Å². The zero-order chi connectivity index (χ0) is 48.1. The molecule has 12 rings (SSSR count). The highest BCUT2D eigenvalue weighted by Crippen LogP contribution is 2.46. The van der Waals surface area contributed by atoms with Crippen LogP contribution in [0.25, 0.3) is 44.6 Å². The monoisotopic (exact) mass is 958 g/mol. The first-order chi connectivity index (χ1) is 33.3. The molecule has 1 N–H and O–H groups in total. The van der Waals surface area contributed by atoms with Crippen molar-refractivity contribution in [2.75, 3.05) is 13.6 Å². The number of carbonyl (C=O) groups is 3. The Balaban J connectivity index is 0.000000151. The van der Waals surface area contributed by atoms with Crippen molar-refractivity contribution in [1.29, 1.82) is 0 Å². The zero-order valence-electron chi connectivity index (χ0n) is 38.4. The van der Waals surface area contributed by atoms with Crippen LogP contribution in [0.5, 0.6) is 23.0 Å². The van der Waals surface area contributed by atoms with Gasteiger partial charge >= 0.3 is 17.4 Å². The Morgan fingerprint density at radius 3 is 1.57 bits per heavy atom. The van der Waals surface area contributed by atoms with E-state index in [9.17, 15) is 29.1 Å². The number of pyridine rings is 4. The Morgan fingerprint density at radius 2 is 1.10 bits per heavy atom. The molecule has 6 aliphatic heterocycles. The molecule has 6 aliphatic rings. The summed E-state index contributed by atoms with van der Waals surface area (Å²) in [5, 5.41) is 13.0. The number of rotatable bonds is 9. The minimum atomic E-state index is -1.83. The van der Waals surface area contributed by atoms with Crippen molar-refractivity contribution in [2.24, 2.45) is 0 Å². The molecule has 0 unspecified atom stereocenters. The normalized spacial score (nSPS) is 19.4. The molecule has 18 heteroatoms. The largest absolute Gasteiger partial charge is 0.458 e. The lowest BCUT2D eigenvalue weighted by atomic mass is 9.85. The maximum atomic E-state index is 13.7. The van der Waals surface area contributed by atoms with Crippen LogP contribution in [0.3, 0.4) is 0 Å². The number of esters is 2. The van der Waals surface area contributed by atoms with Crippen molar-refractivity contribution < 1.29 is 52.6 Å². The number of nitrogens with zero attached hydrogens (tertiary/aromatic N) is 4. The zero-order valence-corrected chi connectivity index (χ0v) is 39.1. The van der Waals surface area contributed by atoms with Crippen LogP contribution < -0.4 is 30.1 Å². The van der Waals surface area contributed by atoms with E-state index < -0.39 is 28.6 Å². The Kier molecular flexibility index (Phi) is 10.7. The minimum absolute atomic E-state index is 0.0589. The summed E-state index contributed by atoms with van der Waals surface area (Å²) >= 11 is 5.54. The molecule has 0 amide bonds. The van der Waals surface area contributed by atoms with E-state index in [0.717, 1.165) is 82.6 Å². The number of benzene rings is 2. The fourth-order valence-corrected chi connectivity index (χ4v) is 10.8. The molecule has 0 bridgehead atoms. The van der Waals surface area contributed by atoms with Gasteiger partial charge in [-0.05, 0) is 73.9 Å². The number of hydrogen-bond acceptors (Lipinski definition) is 15. The summed E-state index contributed by atoms with van der Waals surface area (Å²) in [6, 6.07) is 11.2. The van der Waals surface area contributed by atoms with E-state index in [-0.39, 0.29) is 56.3 Å². The molecule has 17 nitrogen and oxygen atoms in total. The van der Waals surface area contributed by atoms with E-state index in [4.69, 9.17) is 54.7 Å². The standard InChI is InChI=1S/C26H23ClN2O7.C25H24N2O6/c1-3-5-6-13-14-7-20-21(35-12-34-20)9-18(14)28-22-15(13)10-29-19(22)8-17-16(23(29)30)11-33-24(31)26(17,4-2)36-25(27)32;1-3-5-6-13-14-7-20-21(33-12-32-20)9-18(14)26-22-15(13)10-27-19(22)8-17-16(23(27)28)11-31-24(29)25(17,30)4-2/h7-9H,3-6,10-12H2,1-2H3;7-9,30H,3-6,10-12H2,1-2H3/t26-;25-/m00/s1. The van der Waals surface area contributed by atoms with E-state index in [0.29, 0.717) is 75.6 Å². The molecular formula is C51H47ClN4O13. The van der Waals surface area contributed by atoms with Gasteiger partial charge in [0.05, 0.1) is 58.0 Å². The maximum absolute atomic E-state index is 13.7. The van der Waals surface area contributed by atoms with E-state index in [2.05, 4.69) is 13.8 Å². The van der Waals surface area contributed by atoms with Gasteiger partial charge in [-0.25, -0.2) is 24.4 Å². The third-order valence-corrected chi connectivity index (χ3v) is 14.5. The van der Waals surface area contributed by atoms with Gasteiger partial charge in [-0.15, -0.1) is 0 Å². The molecular weight excluding hydrogens is 912 g/mol.